The highest BCUT2D eigenvalue weighted by Gasteiger charge is 2.23. The topological polar surface area (TPSA) is 106 Å². The quantitative estimate of drug-likeness (QED) is 0.437. The zero-order valence-electron chi connectivity index (χ0n) is 15.9. The molecule has 3 aromatic rings. The van der Waals surface area contributed by atoms with Gasteiger partial charge in [0.2, 0.25) is 5.82 Å². The van der Waals surface area contributed by atoms with Crippen molar-refractivity contribution in [3.05, 3.63) is 63.2 Å². The number of furan rings is 1. The fraction of sp³-hybridized carbons (Fsp3) is 0.263. The molecule has 164 valence electrons. The normalized spacial score (nSPS) is 13.9. The van der Waals surface area contributed by atoms with Crippen LogP contribution in [0.2, 0.25) is 15.2 Å². The fourth-order valence-corrected chi connectivity index (χ4v) is 4.56. The van der Waals surface area contributed by atoms with Gasteiger partial charge in [-0.2, -0.15) is 4.98 Å². The molecule has 0 aliphatic heterocycles. The zero-order valence-corrected chi connectivity index (χ0v) is 19.0. The summed E-state index contributed by atoms with van der Waals surface area (Å²) in [6.45, 7) is 0.637. The molecule has 12 heteroatoms. The first-order valence-corrected chi connectivity index (χ1v) is 11.9. The van der Waals surface area contributed by atoms with Gasteiger partial charge in [0.1, 0.15) is 23.0 Å². The summed E-state index contributed by atoms with van der Waals surface area (Å²) in [5.41, 5.74) is 0. The van der Waals surface area contributed by atoms with Crippen molar-refractivity contribution in [2.45, 2.75) is 36.9 Å². The fourth-order valence-electron chi connectivity index (χ4n) is 2.66. The molecule has 0 atom stereocenters. The Bertz CT molecular complexity index is 1200. The molecule has 0 unspecified atom stereocenters. The Kier molecular flexibility index (Phi) is 6.59. The maximum absolute atomic E-state index is 12.8. The van der Waals surface area contributed by atoms with Crippen LogP contribution >= 0.6 is 34.8 Å². The van der Waals surface area contributed by atoms with E-state index in [4.69, 9.17) is 44.0 Å². The molecule has 1 aliphatic carbocycles. The lowest BCUT2D eigenvalue weighted by Crippen LogP contribution is -2.16. The van der Waals surface area contributed by atoms with E-state index in [-0.39, 0.29) is 38.4 Å². The van der Waals surface area contributed by atoms with Gasteiger partial charge in [-0.1, -0.05) is 40.9 Å². The van der Waals surface area contributed by atoms with Gasteiger partial charge in [-0.3, -0.25) is 4.72 Å². The van der Waals surface area contributed by atoms with Crippen molar-refractivity contribution in [1.29, 1.82) is 0 Å². The van der Waals surface area contributed by atoms with Crippen LogP contribution in [-0.4, -0.2) is 24.4 Å². The van der Waals surface area contributed by atoms with Crippen molar-refractivity contribution in [3.8, 4) is 5.88 Å². The van der Waals surface area contributed by atoms with Gasteiger partial charge < -0.3 is 14.5 Å². The average molecular weight is 504 g/mol. The monoisotopic (exact) mass is 502 g/mol. The summed E-state index contributed by atoms with van der Waals surface area (Å²) in [5, 5.41) is 3.39. The standard InChI is InChI=1S/C19H17Cl3N4O4S/c20-14-2-1-3-15(17(14)22)31(27,28)26-18-19(25-16(21)9-24-18)29-10-13-7-6-12(30-13)8-23-11-4-5-11/h1-3,6-7,9,11,23H,4-5,8,10H2,(H,24,26). The SMILES string of the molecule is O=S(=O)(Nc1ncc(Cl)nc1OCc1ccc(CNC2CC2)o1)c1cccc(Cl)c1Cl. The lowest BCUT2D eigenvalue weighted by molar-refractivity contribution is 0.256. The number of nitrogens with one attached hydrogen (secondary N) is 2. The molecule has 4 rings (SSSR count). The van der Waals surface area contributed by atoms with Crippen LogP contribution in [-0.2, 0) is 23.2 Å². The van der Waals surface area contributed by atoms with E-state index in [1.165, 1.54) is 37.2 Å². The van der Waals surface area contributed by atoms with Gasteiger partial charge in [-0.05, 0) is 37.1 Å². The van der Waals surface area contributed by atoms with Gasteiger partial charge >= 0.3 is 0 Å². The molecule has 2 heterocycles. The second-order valence-electron chi connectivity index (χ2n) is 6.82. The van der Waals surface area contributed by atoms with Crippen molar-refractivity contribution in [2.24, 2.45) is 0 Å². The van der Waals surface area contributed by atoms with Crippen LogP contribution in [0.1, 0.15) is 24.4 Å². The number of benzene rings is 1. The summed E-state index contributed by atoms with van der Waals surface area (Å²) in [6.07, 6.45) is 3.56. The van der Waals surface area contributed by atoms with Crippen LogP contribution in [0.25, 0.3) is 0 Å². The summed E-state index contributed by atoms with van der Waals surface area (Å²) < 4.78 is 39.2. The molecule has 0 radical (unpaired) electrons. The van der Waals surface area contributed by atoms with Crippen molar-refractivity contribution >= 4 is 50.6 Å². The Morgan fingerprint density at radius 2 is 1.90 bits per heavy atom. The molecule has 1 aliphatic rings. The maximum atomic E-state index is 12.8. The molecule has 31 heavy (non-hydrogen) atoms. The Labute approximate surface area is 193 Å². The molecule has 1 saturated carbocycles. The number of nitrogens with zero attached hydrogens (tertiary/aromatic N) is 2. The molecule has 0 spiro atoms. The Morgan fingerprint density at radius 1 is 1.13 bits per heavy atom. The van der Waals surface area contributed by atoms with Crippen molar-refractivity contribution in [1.82, 2.24) is 15.3 Å². The number of anilines is 1. The number of ether oxygens (including phenoxy) is 1. The summed E-state index contributed by atoms with van der Waals surface area (Å²) in [4.78, 5) is 7.80. The van der Waals surface area contributed by atoms with Crippen LogP contribution in [0.5, 0.6) is 5.88 Å². The minimum atomic E-state index is -4.11. The van der Waals surface area contributed by atoms with Gasteiger partial charge in [0.05, 0.1) is 22.8 Å². The van der Waals surface area contributed by atoms with E-state index in [0.717, 1.165) is 5.76 Å². The smallest absolute Gasteiger partial charge is 0.264 e. The summed E-state index contributed by atoms with van der Waals surface area (Å²) >= 11 is 17.9. The molecule has 0 amide bonds. The van der Waals surface area contributed by atoms with E-state index >= 15 is 0 Å². The van der Waals surface area contributed by atoms with Crippen LogP contribution < -0.4 is 14.8 Å². The number of hydrogen-bond acceptors (Lipinski definition) is 7. The Morgan fingerprint density at radius 3 is 2.68 bits per heavy atom. The van der Waals surface area contributed by atoms with Crippen LogP contribution in [0.3, 0.4) is 0 Å². The summed E-state index contributed by atoms with van der Waals surface area (Å²) in [7, 11) is -4.11. The molecule has 0 bridgehead atoms. The summed E-state index contributed by atoms with van der Waals surface area (Å²) in [5.74, 6) is 1.06. The molecular formula is C19H17Cl3N4O4S. The van der Waals surface area contributed by atoms with Gasteiger partial charge in [0.15, 0.2) is 5.15 Å². The van der Waals surface area contributed by atoms with E-state index in [2.05, 4.69) is 20.0 Å². The number of rotatable bonds is 9. The summed E-state index contributed by atoms with van der Waals surface area (Å²) in [6, 6.07) is 8.47. The highest BCUT2D eigenvalue weighted by Crippen LogP contribution is 2.31. The highest BCUT2D eigenvalue weighted by molar-refractivity contribution is 7.92. The van der Waals surface area contributed by atoms with Crippen LogP contribution in [0.4, 0.5) is 5.82 Å². The number of hydrogen-bond donors (Lipinski definition) is 2. The Hall–Kier alpha value is -2.04. The lowest BCUT2D eigenvalue weighted by Gasteiger charge is -2.12. The lowest BCUT2D eigenvalue weighted by atomic mass is 10.4. The van der Waals surface area contributed by atoms with Gasteiger partial charge in [0.25, 0.3) is 15.9 Å². The Balaban J connectivity index is 1.49. The number of aromatic nitrogens is 2. The van der Waals surface area contributed by atoms with E-state index in [0.29, 0.717) is 18.3 Å². The third kappa shape index (κ3) is 5.61. The molecule has 0 saturated heterocycles. The maximum Gasteiger partial charge on any atom is 0.264 e. The molecule has 2 N–H and O–H groups in total. The predicted octanol–water partition coefficient (Wildman–Crippen LogP) is 4.66. The highest BCUT2D eigenvalue weighted by atomic mass is 35.5. The number of halogens is 3. The molecule has 1 fully saturated rings. The second-order valence-corrected chi connectivity index (χ2v) is 9.64. The zero-order chi connectivity index (χ0) is 22.0. The molecule has 2 aromatic heterocycles. The third-order valence-corrected chi connectivity index (χ3v) is 6.85. The largest absolute Gasteiger partial charge is 0.467 e. The second kappa shape index (κ2) is 9.22. The van der Waals surface area contributed by atoms with E-state index in [1.54, 1.807) is 6.07 Å². The molecular weight excluding hydrogens is 487 g/mol. The average Bonchev–Trinajstić information content (AvgIpc) is 3.45. The molecule has 1 aromatic carbocycles. The van der Waals surface area contributed by atoms with Crippen molar-refractivity contribution < 1.29 is 17.6 Å². The molecule has 8 nitrogen and oxygen atoms in total. The third-order valence-electron chi connectivity index (χ3n) is 4.36. The van der Waals surface area contributed by atoms with Crippen molar-refractivity contribution in [2.75, 3.05) is 4.72 Å². The number of sulfonamides is 1. The first-order valence-electron chi connectivity index (χ1n) is 9.25. The first-order chi connectivity index (χ1) is 14.8. The predicted molar refractivity (Wildman–Crippen MR) is 117 cm³/mol. The van der Waals surface area contributed by atoms with E-state index in [9.17, 15) is 8.42 Å². The van der Waals surface area contributed by atoms with Gasteiger partial charge in [0, 0.05) is 6.04 Å². The minimum Gasteiger partial charge on any atom is -0.467 e. The van der Waals surface area contributed by atoms with E-state index in [1.807, 2.05) is 6.07 Å². The first kappa shape index (κ1) is 22.2. The van der Waals surface area contributed by atoms with Crippen LogP contribution in [0.15, 0.2) is 45.8 Å². The van der Waals surface area contributed by atoms with Gasteiger partial charge in [-0.25, -0.2) is 13.4 Å². The van der Waals surface area contributed by atoms with Crippen molar-refractivity contribution in [3.63, 3.8) is 0 Å². The van der Waals surface area contributed by atoms with Gasteiger partial charge in [-0.15, -0.1) is 0 Å². The minimum absolute atomic E-state index is 0.00506. The van der Waals surface area contributed by atoms with Crippen LogP contribution in [0, 0.1) is 0 Å². The van der Waals surface area contributed by atoms with E-state index < -0.39 is 10.0 Å².